The summed E-state index contributed by atoms with van der Waals surface area (Å²) in [6, 6.07) is 9.78. The molecule has 1 unspecified atom stereocenters. The van der Waals surface area contributed by atoms with E-state index in [9.17, 15) is 14.7 Å². The van der Waals surface area contributed by atoms with E-state index >= 15 is 0 Å². The molecular weight excluding hydrogens is 396 g/mol. The third-order valence-electron chi connectivity index (χ3n) is 5.24. The zero-order chi connectivity index (χ0) is 22.2. The SMILES string of the molecule is CCCCCOc1ccc(C2/C(=C(\O)c3ccncc3)C(=O)C(=O)N2CCOC)cc1. The predicted octanol–water partition coefficient (Wildman–Crippen LogP) is 3.72. The lowest BCUT2D eigenvalue weighted by atomic mass is 9.95. The normalized spacial score (nSPS) is 17.9. The van der Waals surface area contributed by atoms with Crippen LogP contribution in [0.1, 0.15) is 43.4 Å². The van der Waals surface area contributed by atoms with Crippen LogP contribution in [-0.2, 0) is 14.3 Å². The van der Waals surface area contributed by atoms with Crippen LogP contribution >= 0.6 is 0 Å². The molecule has 1 amide bonds. The number of amides is 1. The minimum Gasteiger partial charge on any atom is -0.507 e. The molecule has 164 valence electrons. The number of nitrogens with zero attached hydrogens (tertiary/aromatic N) is 2. The fourth-order valence-corrected chi connectivity index (χ4v) is 3.60. The number of pyridine rings is 1. The van der Waals surface area contributed by atoms with Crippen LogP contribution in [0.25, 0.3) is 5.76 Å². The van der Waals surface area contributed by atoms with Gasteiger partial charge in [-0.05, 0) is 36.2 Å². The van der Waals surface area contributed by atoms with Gasteiger partial charge in [0.1, 0.15) is 11.5 Å². The van der Waals surface area contributed by atoms with E-state index in [1.807, 2.05) is 24.3 Å². The number of hydrogen-bond donors (Lipinski definition) is 1. The van der Waals surface area contributed by atoms with Gasteiger partial charge in [-0.15, -0.1) is 0 Å². The van der Waals surface area contributed by atoms with Crippen molar-refractivity contribution in [3.63, 3.8) is 0 Å². The van der Waals surface area contributed by atoms with Crippen molar-refractivity contribution in [1.29, 1.82) is 0 Å². The topological polar surface area (TPSA) is 89.0 Å². The Morgan fingerprint density at radius 1 is 1.06 bits per heavy atom. The Morgan fingerprint density at radius 2 is 1.77 bits per heavy atom. The summed E-state index contributed by atoms with van der Waals surface area (Å²) in [6.07, 6.45) is 6.27. The first kappa shape index (κ1) is 22.5. The molecule has 7 heteroatoms. The van der Waals surface area contributed by atoms with Crippen molar-refractivity contribution in [2.24, 2.45) is 0 Å². The number of aliphatic hydroxyl groups excluding tert-OH is 1. The summed E-state index contributed by atoms with van der Waals surface area (Å²) < 4.78 is 10.9. The second-order valence-corrected chi connectivity index (χ2v) is 7.35. The molecule has 1 aliphatic heterocycles. The number of Topliss-reactive ketones (excluding diaryl/α,β-unsaturated/α-hetero) is 1. The molecule has 7 nitrogen and oxygen atoms in total. The van der Waals surface area contributed by atoms with Gasteiger partial charge in [-0.3, -0.25) is 14.6 Å². The van der Waals surface area contributed by atoms with Gasteiger partial charge < -0.3 is 19.5 Å². The second kappa shape index (κ2) is 10.7. The number of ketones is 1. The molecular formula is C24H28N2O5. The van der Waals surface area contributed by atoms with Crippen molar-refractivity contribution < 1.29 is 24.2 Å². The summed E-state index contributed by atoms with van der Waals surface area (Å²) >= 11 is 0. The summed E-state index contributed by atoms with van der Waals surface area (Å²) in [5.74, 6) is -0.860. The molecule has 0 spiro atoms. The number of ether oxygens (including phenoxy) is 2. The van der Waals surface area contributed by atoms with Crippen LogP contribution in [0.4, 0.5) is 0 Å². The highest BCUT2D eigenvalue weighted by atomic mass is 16.5. The maximum atomic E-state index is 12.9. The van der Waals surface area contributed by atoms with Crippen LogP contribution in [0.5, 0.6) is 5.75 Å². The molecule has 1 aliphatic rings. The van der Waals surface area contributed by atoms with Gasteiger partial charge in [0.15, 0.2) is 0 Å². The Labute approximate surface area is 182 Å². The highest BCUT2D eigenvalue weighted by Gasteiger charge is 2.45. The third kappa shape index (κ3) is 5.11. The molecule has 0 saturated carbocycles. The van der Waals surface area contributed by atoms with Gasteiger partial charge in [0.25, 0.3) is 11.7 Å². The first-order valence-corrected chi connectivity index (χ1v) is 10.5. The maximum absolute atomic E-state index is 12.9. The van der Waals surface area contributed by atoms with Gasteiger partial charge >= 0.3 is 0 Å². The van der Waals surface area contributed by atoms with Gasteiger partial charge in [0, 0.05) is 31.6 Å². The molecule has 1 aromatic carbocycles. The average molecular weight is 424 g/mol. The predicted molar refractivity (Wildman–Crippen MR) is 117 cm³/mol. The minimum atomic E-state index is -0.713. The summed E-state index contributed by atoms with van der Waals surface area (Å²) in [6.45, 7) is 3.29. The van der Waals surface area contributed by atoms with Gasteiger partial charge in [0.2, 0.25) is 0 Å². The molecule has 31 heavy (non-hydrogen) atoms. The van der Waals surface area contributed by atoms with E-state index < -0.39 is 17.7 Å². The molecule has 2 aromatic rings. The zero-order valence-electron chi connectivity index (χ0n) is 17.9. The molecule has 0 radical (unpaired) electrons. The Morgan fingerprint density at radius 3 is 2.42 bits per heavy atom. The number of methoxy groups -OCH3 is 1. The summed E-state index contributed by atoms with van der Waals surface area (Å²) in [4.78, 5) is 31.0. The van der Waals surface area contributed by atoms with Crippen molar-refractivity contribution in [3.8, 4) is 5.75 Å². The number of carbonyl (C=O) groups is 2. The van der Waals surface area contributed by atoms with E-state index in [-0.39, 0.29) is 24.5 Å². The van der Waals surface area contributed by atoms with Gasteiger partial charge in [-0.25, -0.2) is 0 Å². The van der Waals surface area contributed by atoms with Crippen molar-refractivity contribution >= 4 is 17.4 Å². The van der Waals surface area contributed by atoms with Crippen molar-refractivity contribution in [2.75, 3.05) is 26.9 Å². The number of unbranched alkanes of at least 4 members (excludes halogenated alkanes) is 2. The monoisotopic (exact) mass is 424 g/mol. The number of aromatic nitrogens is 1. The van der Waals surface area contributed by atoms with Crippen LogP contribution in [-0.4, -0.2) is 53.5 Å². The summed E-state index contributed by atoms with van der Waals surface area (Å²) in [5, 5.41) is 10.9. The van der Waals surface area contributed by atoms with Crippen LogP contribution < -0.4 is 4.74 Å². The lowest BCUT2D eigenvalue weighted by molar-refractivity contribution is -0.140. The van der Waals surface area contributed by atoms with Crippen LogP contribution in [0.3, 0.4) is 0 Å². The number of carbonyl (C=O) groups excluding carboxylic acids is 2. The largest absolute Gasteiger partial charge is 0.507 e. The maximum Gasteiger partial charge on any atom is 0.295 e. The highest BCUT2D eigenvalue weighted by molar-refractivity contribution is 6.46. The van der Waals surface area contributed by atoms with Crippen molar-refractivity contribution in [3.05, 3.63) is 65.5 Å². The molecule has 0 aliphatic carbocycles. The number of hydrogen-bond acceptors (Lipinski definition) is 6. The van der Waals surface area contributed by atoms with Crippen LogP contribution in [0.15, 0.2) is 54.4 Å². The molecule has 1 N–H and O–H groups in total. The Hall–Kier alpha value is -3.19. The fourth-order valence-electron chi connectivity index (χ4n) is 3.60. The molecule has 1 aromatic heterocycles. The van der Waals surface area contributed by atoms with Gasteiger partial charge in [-0.2, -0.15) is 0 Å². The van der Waals surface area contributed by atoms with Gasteiger partial charge in [0.05, 0.1) is 24.8 Å². The van der Waals surface area contributed by atoms with E-state index in [1.165, 1.54) is 24.4 Å². The van der Waals surface area contributed by atoms with Gasteiger partial charge in [-0.1, -0.05) is 31.9 Å². The molecule has 1 atom stereocenters. The average Bonchev–Trinajstić information content (AvgIpc) is 3.05. The Bertz CT molecular complexity index is 925. The minimum absolute atomic E-state index is 0.0592. The summed E-state index contributed by atoms with van der Waals surface area (Å²) in [5.41, 5.74) is 1.20. The lowest BCUT2D eigenvalue weighted by Gasteiger charge is -2.25. The number of aliphatic hydroxyl groups is 1. The highest BCUT2D eigenvalue weighted by Crippen LogP contribution is 2.39. The zero-order valence-corrected chi connectivity index (χ0v) is 17.9. The van der Waals surface area contributed by atoms with E-state index in [4.69, 9.17) is 9.47 Å². The first-order chi connectivity index (χ1) is 15.1. The molecule has 0 bridgehead atoms. The molecule has 2 heterocycles. The third-order valence-corrected chi connectivity index (χ3v) is 5.24. The molecule has 1 saturated heterocycles. The molecule has 3 rings (SSSR count). The lowest BCUT2D eigenvalue weighted by Crippen LogP contribution is -2.32. The standard InChI is InChI=1S/C24H28N2O5/c1-3-4-5-15-31-19-8-6-17(7-9-19)21-20(22(27)18-10-12-25-13-11-18)23(28)24(29)26(21)14-16-30-2/h6-13,21,27H,3-5,14-16H2,1-2H3/b22-20+. The van der Waals surface area contributed by atoms with E-state index in [0.717, 1.165) is 25.0 Å². The van der Waals surface area contributed by atoms with Crippen LogP contribution in [0.2, 0.25) is 0 Å². The van der Waals surface area contributed by atoms with Crippen LogP contribution in [0, 0.1) is 0 Å². The summed E-state index contributed by atoms with van der Waals surface area (Å²) in [7, 11) is 1.53. The smallest absolute Gasteiger partial charge is 0.295 e. The van der Waals surface area contributed by atoms with Crippen molar-refractivity contribution in [1.82, 2.24) is 9.88 Å². The fraction of sp³-hybridized carbons (Fsp3) is 0.375. The van der Waals surface area contributed by atoms with E-state index in [1.54, 1.807) is 12.1 Å². The number of rotatable bonds is 10. The second-order valence-electron chi connectivity index (χ2n) is 7.35. The Balaban J connectivity index is 1.95. The van der Waals surface area contributed by atoms with Crippen molar-refractivity contribution in [2.45, 2.75) is 32.2 Å². The van der Waals surface area contributed by atoms with E-state index in [0.29, 0.717) is 17.7 Å². The first-order valence-electron chi connectivity index (χ1n) is 10.5. The Kier molecular flexibility index (Phi) is 7.78. The van der Waals surface area contributed by atoms with E-state index in [2.05, 4.69) is 11.9 Å². The molecule has 1 fully saturated rings. The number of likely N-dealkylation sites (tertiary alicyclic amines) is 1. The quantitative estimate of drug-likeness (QED) is 0.271. The number of benzene rings is 1.